The molecule has 0 aromatic carbocycles. The van der Waals surface area contributed by atoms with Crippen molar-refractivity contribution in [3.05, 3.63) is 0 Å². The Hall–Kier alpha value is -1.11. The van der Waals surface area contributed by atoms with Crippen molar-refractivity contribution < 1.29 is 18.0 Å². The summed E-state index contributed by atoms with van der Waals surface area (Å²) in [5, 5.41) is 3.99. The van der Waals surface area contributed by atoms with Crippen LogP contribution >= 0.6 is 0 Å². The van der Waals surface area contributed by atoms with Gasteiger partial charge in [0.1, 0.15) is 5.25 Å². The average Bonchev–Trinajstić information content (AvgIpc) is 2.23. The first-order chi connectivity index (χ1) is 7.79. The van der Waals surface area contributed by atoms with E-state index < -0.39 is 21.0 Å². The number of hydrogen-bond donors (Lipinski definition) is 2. The summed E-state index contributed by atoms with van der Waals surface area (Å²) in [6, 6.07) is 0. The van der Waals surface area contributed by atoms with Gasteiger partial charge < -0.3 is 10.6 Å². The van der Waals surface area contributed by atoms with Crippen molar-refractivity contribution in [2.24, 2.45) is 0 Å². The van der Waals surface area contributed by atoms with E-state index in [1.165, 1.54) is 6.92 Å². The summed E-state index contributed by atoms with van der Waals surface area (Å²) in [7, 11) is -3.38. The second-order valence-electron chi connectivity index (χ2n) is 3.86. The maximum absolute atomic E-state index is 11.4. The summed E-state index contributed by atoms with van der Waals surface area (Å²) in [4.78, 5) is 22.5. The van der Waals surface area contributed by atoms with E-state index in [-0.39, 0.29) is 18.9 Å². The summed E-state index contributed by atoms with van der Waals surface area (Å²) < 4.78 is 22.1. The molecule has 0 rings (SSSR count). The molecule has 0 saturated heterocycles. The summed E-state index contributed by atoms with van der Waals surface area (Å²) >= 11 is 0. The van der Waals surface area contributed by atoms with E-state index in [4.69, 9.17) is 0 Å². The van der Waals surface area contributed by atoms with Crippen LogP contribution in [0.15, 0.2) is 0 Å². The fourth-order valence-electron chi connectivity index (χ4n) is 0.990. The zero-order chi connectivity index (χ0) is 13.5. The lowest BCUT2D eigenvalue weighted by atomic mass is 10.3. The topological polar surface area (TPSA) is 92.3 Å². The van der Waals surface area contributed by atoms with E-state index in [0.717, 1.165) is 12.7 Å². The van der Waals surface area contributed by atoms with Gasteiger partial charge in [0.05, 0.1) is 0 Å². The molecule has 0 aliphatic heterocycles. The highest BCUT2D eigenvalue weighted by Crippen LogP contribution is 1.97. The Balaban J connectivity index is 3.90. The van der Waals surface area contributed by atoms with Crippen LogP contribution in [0.3, 0.4) is 0 Å². The molecule has 1 unspecified atom stereocenters. The van der Waals surface area contributed by atoms with E-state index >= 15 is 0 Å². The number of nitrogens with one attached hydrogen (secondary N) is 2. The van der Waals surface area contributed by atoms with Gasteiger partial charge in [-0.1, -0.05) is 6.92 Å². The number of carbonyl (C=O) groups is 2. The van der Waals surface area contributed by atoms with Crippen molar-refractivity contribution >= 4 is 21.7 Å². The molecule has 0 saturated carbocycles. The zero-order valence-corrected chi connectivity index (χ0v) is 11.3. The second-order valence-corrected chi connectivity index (χ2v) is 6.23. The van der Waals surface area contributed by atoms with E-state index in [1.54, 1.807) is 0 Å². The highest BCUT2D eigenvalue weighted by atomic mass is 32.2. The number of sulfone groups is 1. The van der Waals surface area contributed by atoms with Crippen LogP contribution in [-0.4, -0.2) is 44.8 Å². The Kier molecular flexibility index (Phi) is 6.79. The van der Waals surface area contributed by atoms with E-state index in [2.05, 4.69) is 10.6 Å². The molecule has 0 aliphatic carbocycles. The summed E-state index contributed by atoms with van der Waals surface area (Å²) in [5.41, 5.74) is 0. The smallest absolute Gasteiger partial charge is 0.238 e. The lowest BCUT2D eigenvalue weighted by Gasteiger charge is -2.10. The number of rotatable bonds is 7. The third-order valence-electron chi connectivity index (χ3n) is 2.23. The van der Waals surface area contributed by atoms with Crippen LogP contribution < -0.4 is 10.6 Å². The van der Waals surface area contributed by atoms with Crippen LogP contribution in [0.5, 0.6) is 0 Å². The van der Waals surface area contributed by atoms with Gasteiger partial charge in [-0.05, 0) is 13.3 Å². The van der Waals surface area contributed by atoms with Gasteiger partial charge in [-0.15, -0.1) is 0 Å². The fraction of sp³-hybridized carbons (Fsp3) is 0.800. The van der Waals surface area contributed by atoms with Gasteiger partial charge in [-0.2, -0.15) is 0 Å². The number of carbonyl (C=O) groups excluding carboxylic acids is 2. The molecule has 0 radical (unpaired) electrons. The van der Waals surface area contributed by atoms with Crippen LogP contribution in [0.2, 0.25) is 0 Å². The summed E-state index contributed by atoms with van der Waals surface area (Å²) in [5.74, 6) is -0.727. The van der Waals surface area contributed by atoms with Gasteiger partial charge in [0, 0.05) is 25.8 Å². The summed E-state index contributed by atoms with van der Waals surface area (Å²) in [6.07, 6.45) is 2.01. The number of amides is 2. The lowest BCUT2D eigenvalue weighted by Crippen LogP contribution is -2.39. The minimum atomic E-state index is -3.38. The molecule has 0 aromatic heterocycles. The standard InChI is InChI=1S/C10H20N2O4S/c1-4-6-11-9(13)5-7-12-10(14)8(2)17(3,15)16/h8H,4-7H2,1-3H3,(H,11,13)(H,12,14). The first-order valence-electron chi connectivity index (χ1n) is 5.52. The van der Waals surface area contributed by atoms with Crippen molar-refractivity contribution in [3.8, 4) is 0 Å². The lowest BCUT2D eigenvalue weighted by molar-refractivity contribution is -0.122. The van der Waals surface area contributed by atoms with Crippen LogP contribution in [0.4, 0.5) is 0 Å². The predicted molar refractivity (Wildman–Crippen MR) is 65.2 cm³/mol. The van der Waals surface area contributed by atoms with Crippen LogP contribution in [-0.2, 0) is 19.4 Å². The molecule has 7 heteroatoms. The average molecular weight is 264 g/mol. The highest BCUT2D eigenvalue weighted by molar-refractivity contribution is 7.92. The van der Waals surface area contributed by atoms with Gasteiger partial charge >= 0.3 is 0 Å². The van der Waals surface area contributed by atoms with E-state index in [1.807, 2.05) is 6.92 Å². The quantitative estimate of drug-likeness (QED) is 0.645. The Morgan fingerprint density at radius 1 is 1.18 bits per heavy atom. The number of hydrogen-bond acceptors (Lipinski definition) is 4. The van der Waals surface area contributed by atoms with Gasteiger partial charge in [0.25, 0.3) is 0 Å². The molecule has 2 amide bonds. The van der Waals surface area contributed by atoms with Gasteiger partial charge in [0.2, 0.25) is 11.8 Å². The summed E-state index contributed by atoms with van der Waals surface area (Å²) in [6.45, 7) is 4.01. The maximum Gasteiger partial charge on any atom is 0.238 e. The van der Waals surface area contributed by atoms with Gasteiger partial charge in [-0.3, -0.25) is 9.59 Å². The molecule has 0 fully saturated rings. The molecular weight excluding hydrogens is 244 g/mol. The second kappa shape index (κ2) is 7.26. The van der Waals surface area contributed by atoms with Crippen molar-refractivity contribution in [3.63, 3.8) is 0 Å². The van der Waals surface area contributed by atoms with Crippen molar-refractivity contribution in [1.29, 1.82) is 0 Å². The van der Waals surface area contributed by atoms with Crippen LogP contribution in [0.25, 0.3) is 0 Å². The minimum absolute atomic E-state index is 0.147. The van der Waals surface area contributed by atoms with Crippen molar-refractivity contribution in [2.45, 2.75) is 31.9 Å². The first-order valence-corrected chi connectivity index (χ1v) is 7.47. The largest absolute Gasteiger partial charge is 0.356 e. The fourth-order valence-corrected chi connectivity index (χ4v) is 1.46. The molecule has 100 valence electrons. The highest BCUT2D eigenvalue weighted by Gasteiger charge is 2.22. The maximum atomic E-state index is 11.4. The molecule has 17 heavy (non-hydrogen) atoms. The zero-order valence-electron chi connectivity index (χ0n) is 10.4. The molecule has 6 nitrogen and oxygen atoms in total. The van der Waals surface area contributed by atoms with Crippen LogP contribution in [0.1, 0.15) is 26.7 Å². The van der Waals surface area contributed by atoms with Crippen molar-refractivity contribution in [2.75, 3.05) is 19.3 Å². The SMILES string of the molecule is CCCNC(=O)CCNC(=O)C(C)S(C)(=O)=O. The Morgan fingerprint density at radius 2 is 1.76 bits per heavy atom. The Labute approximate surface area is 102 Å². The molecule has 1 atom stereocenters. The van der Waals surface area contributed by atoms with E-state index in [0.29, 0.717) is 6.54 Å². The predicted octanol–water partition coefficient (Wildman–Crippen LogP) is -0.548. The van der Waals surface area contributed by atoms with Crippen molar-refractivity contribution in [1.82, 2.24) is 10.6 Å². The minimum Gasteiger partial charge on any atom is -0.356 e. The molecule has 0 heterocycles. The van der Waals surface area contributed by atoms with Crippen LogP contribution in [0, 0.1) is 0 Å². The van der Waals surface area contributed by atoms with Gasteiger partial charge in [0.15, 0.2) is 9.84 Å². The Bertz CT molecular complexity index is 365. The third kappa shape index (κ3) is 6.93. The Morgan fingerprint density at radius 3 is 2.24 bits per heavy atom. The molecule has 0 aliphatic rings. The third-order valence-corrected chi connectivity index (χ3v) is 3.73. The molecule has 0 aromatic rings. The molecule has 2 N–H and O–H groups in total. The molecule has 0 bridgehead atoms. The normalized spacial score (nSPS) is 12.9. The first kappa shape index (κ1) is 15.9. The monoisotopic (exact) mass is 264 g/mol. The van der Waals surface area contributed by atoms with E-state index in [9.17, 15) is 18.0 Å². The molecule has 0 spiro atoms. The molecular formula is C10H20N2O4S. The van der Waals surface area contributed by atoms with Gasteiger partial charge in [-0.25, -0.2) is 8.42 Å².